The summed E-state index contributed by atoms with van der Waals surface area (Å²) in [6.45, 7) is 0. The zero-order valence-electron chi connectivity index (χ0n) is 10.1. The summed E-state index contributed by atoms with van der Waals surface area (Å²) in [5, 5.41) is 9.54. The number of aromatic nitrogens is 1. The van der Waals surface area contributed by atoms with E-state index in [0.29, 0.717) is 6.42 Å². The molecule has 2 rings (SSSR count). The SMILES string of the molecule is [B]C([B])(Cc1c[nH]c2ccc(O)cc12)N(C)C. The monoisotopic (exact) mass is 224 g/mol. The molecule has 0 amide bonds. The highest BCUT2D eigenvalue weighted by Gasteiger charge is 2.21. The van der Waals surface area contributed by atoms with Crippen molar-refractivity contribution in [1.29, 1.82) is 0 Å². The van der Waals surface area contributed by atoms with Crippen molar-refractivity contribution in [3.05, 3.63) is 30.0 Å². The predicted molar refractivity (Wildman–Crippen MR) is 71.6 cm³/mol. The number of nitrogens with one attached hydrogen (secondary N) is 1. The van der Waals surface area contributed by atoms with E-state index in [-0.39, 0.29) is 5.75 Å². The highest BCUT2D eigenvalue weighted by atomic mass is 16.3. The van der Waals surface area contributed by atoms with Crippen LogP contribution in [0.2, 0.25) is 0 Å². The molecule has 0 unspecified atom stereocenters. The molecule has 0 bridgehead atoms. The molecule has 0 saturated carbocycles. The van der Waals surface area contributed by atoms with Crippen LogP contribution in [0.3, 0.4) is 0 Å². The molecule has 2 aromatic rings. The lowest BCUT2D eigenvalue weighted by molar-refractivity contribution is 0.334. The Morgan fingerprint density at radius 1 is 1.35 bits per heavy atom. The second-order valence-electron chi connectivity index (χ2n) is 4.61. The average Bonchev–Trinajstić information content (AvgIpc) is 2.60. The van der Waals surface area contributed by atoms with Crippen molar-refractivity contribution in [1.82, 2.24) is 9.88 Å². The lowest BCUT2D eigenvalue weighted by atomic mass is 9.58. The maximum absolute atomic E-state index is 9.49. The lowest BCUT2D eigenvalue weighted by Crippen LogP contribution is -2.47. The number of hydrogen-bond donors (Lipinski definition) is 2. The van der Waals surface area contributed by atoms with Crippen LogP contribution < -0.4 is 0 Å². The van der Waals surface area contributed by atoms with E-state index >= 15 is 0 Å². The van der Waals surface area contributed by atoms with E-state index in [1.165, 1.54) is 0 Å². The van der Waals surface area contributed by atoms with Crippen LogP contribution in [0.1, 0.15) is 5.56 Å². The quantitative estimate of drug-likeness (QED) is 0.762. The molecule has 0 atom stereocenters. The Morgan fingerprint density at radius 3 is 2.71 bits per heavy atom. The van der Waals surface area contributed by atoms with E-state index in [4.69, 9.17) is 15.7 Å². The van der Waals surface area contributed by atoms with Gasteiger partial charge in [0, 0.05) is 17.1 Å². The van der Waals surface area contributed by atoms with E-state index in [1.54, 1.807) is 17.0 Å². The molecule has 1 aromatic carbocycles. The first-order valence-electron chi connectivity index (χ1n) is 5.44. The first kappa shape index (κ1) is 12.1. The minimum absolute atomic E-state index is 0.239. The number of likely N-dealkylation sites (N-methyl/N-ethyl adjacent to an activating group) is 1. The third-order valence-corrected chi connectivity index (χ3v) is 3.06. The van der Waals surface area contributed by atoms with Gasteiger partial charge >= 0.3 is 0 Å². The number of fused-ring (bicyclic) bond motifs is 1. The molecular weight excluding hydrogens is 210 g/mol. The fourth-order valence-electron chi connectivity index (χ4n) is 1.78. The zero-order chi connectivity index (χ0) is 12.6. The molecule has 0 aliphatic heterocycles. The summed E-state index contributed by atoms with van der Waals surface area (Å²) in [4.78, 5) is 4.91. The van der Waals surface area contributed by atoms with Gasteiger partial charge in [-0.2, -0.15) is 0 Å². The van der Waals surface area contributed by atoms with Gasteiger partial charge in [0.1, 0.15) is 5.75 Å². The van der Waals surface area contributed by atoms with E-state index in [9.17, 15) is 5.11 Å². The van der Waals surface area contributed by atoms with Crippen molar-refractivity contribution in [2.45, 2.75) is 11.8 Å². The Bertz CT molecular complexity index is 534. The predicted octanol–water partition coefficient (Wildman–Crippen LogP) is 0.968. The second kappa shape index (κ2) is 4.15. The fraction of sp³-hybridized carbons (Fsp3) is 0.333. The van der Waals surface area contributed by atoms with Gasteiger partial charge < -0.3 is 15.0 Å². The standard InChI is InChI=1S/C12H14B2N2O/c1-16(2)12(13,14)6-8-7-15-11-4-3-9(17)5-10(8)11/h3-5,7,15,17H,6H2,1-2H3. The number of nitrogens with zero attached hydrogens (tertiary/aromatic N) is 1. The summed E-state index contributed by atoms with van der Waals surface area (Å²) >= 11 is 0. The molecular formula is C12H14B2N2O. The Labute approximate surface area is 104 Å². The summed E-state index contributed by atoms with van der Waals surface area (Å²) in [6.07, 6.45) is 2.38. The van der Waals surface area contributed by atoms with Crippen molar-refractivity contribution < 1.29 is 5.11 Å². The fourth-order valence-corrected chi connectivity index (χ4v) is 1.78. The molecule has 0 spiro atoms. The van der Waals surface area contributed by atoms with Crippen molar-refractivity contribution in [2.24, 2.45) is 0 Å². The van der Waals surface area contributed by atoms with Crippen molar-refractivity contribution in [3.63, 3.8) is 0 Å². The molecule has 0 fully saturated rings. The van der Waals surface area contributed by atoms with Crippen LogP contribution in [0.25, 0.3) is 10.9 Å². The summed E-state index contributed by atoms with van der Waals surface area (Å²) in [5.74, 6) is 0.239. The molecule has 0 aliphatic rings. The number of benzene rings is 1. The van der Waals surface area contributed by atoms with Crippen molar-refractivity contribution in [3.8, 4) is 5.75 Å². The first-order chi connectivity index (χ1) is 7.90. The molecule has 1 heterocycles. The lowest BCUT2D eigenvalue weighted by Gasteiger charge is -2.33. The van der Waals surface area contributed by atoms with Gasteiger partial charge in [-0.25, -0.2) is 0 Å². The van der Waals surface area contributed by atoms with Crippen molar-refractivity contribution in [2.75, 3.05) is 14.1 Å². The molecule has 4 radical (unpaired) electrons. The normalized spacial score (nSPS) is 12.4. The van der Waals surface area contributed by atoms with Crippen LogP contribution in [-0.2, 0) is 6.42 Å². The number of phenolic OH excluding ortho intramolecular Hbond substituents is 1. The number of hydrogen-bond acceptors (Lipinski definition) is 2. The molecule has 0 aliphatic carbocycles. The zero-order valence-corrected chi connectivity index (χ0v) is 10.1. The van der Waals surface area contributed by atoms with Crippen LogP contribution in [-0.4, -0.2) is 50.1 Å². The molecule has 17 heavy (non-hydrogen) atoms. The molecule has 1 aromatic heterocycles. The van der Waals surface area contributed by atoms with Gasteiger partial charge in [0.2, 0.25) is 0 Å². The van der Waals surface area contributed by atoms with Crippen LogP contribution >= 0.6 is 0 Å². The van der Waals surface area contributed by atoms with E-state index in [2.05, 4.69) is 4.98 Å². The first-order valence-corrected chi connectivity index (χ1v) is 5.44. The number of rotatable bonds is 3. The Morgan fingerprint density at radius 2 is 2.06 bits per heavy atom. The average molecular weight is 224 g/mol. The van der Waals surface area contributed by atoms with Gasteiger partial charge in [0.25, 0.3) is 0 Å². The van der Waals surface area contributed by atoms with E-state index < -0.39 is 5.34 Å². The Hall–Kier alpha value is -1.35. The Balaban J connectivity index is 2.40. The van der Waals surface area contributed by atoms with Crippen LogP contribution in [0, 0.1) is 0 Å². The van der Waals surface area contributed by atoms with Crippen LogP contribution in [0.4, 0.5) is 0 Å². The Kier molecular flexibility index (Phi) is 2.96. The second-order valence-corrected chi connectivity index (χ2v) is 4.61. The minimum atomic E-state index is -0.902. The maximum atomic E-state index is 9.49. The van der Waals surface area contributed by atoms with E-state index in [1.807, 2.05) is 26.4 Å². The summed E-state index contributed by atoms with van der Waals surface area (Å²) in [6, 6.07) is 5.19. The summed E-state index contributed by atoms with van der Waals surface area (Å²) in [7, 11) is 15.7. The van der Waals surface area contributed by atoms with Crippen molar-refractivity contribution >= 4 is 26.6 Å². The van der Waals surface area contributed by atoms with Gasteiger partial charge in [-0.3, -0.25) is 0 Å². The number of phenols is 1. The maximum Gasteiger partial charge on any atom is 0.116 e. The molecule has 2 N–H and O–H groups in total. The van der Waals surface area contributed by atoms with Gasteiger partial charge in [0.05, 0.1) is 15.7 Å². The molecule has 3 nitrogen and oxygen atoms in total. The summed E-state index contributed by atoms with van der Waals surface area (Å²) < 4.78 is 0. The number of aromatic hydroxyl groups is 1. The van der Waals surface area contributed by atoms with Gasteiger partial charge in [-0.05, 0) is 49.6 Å². The molecule has 5 heteroatoms. The largest absolute Gasteiger partial charge is 0.508 e. The third kappa shape index (κ3) is 2.34. The number of H-pyrrole nitrogens is 1. The van der Waals surface area contributed by atoms with Gasteiger partial charge in [0.15, 0.2) is 0 Å². The minimum Gasteiger partial charge on any atom is -0.508 e. The highest BCUT2D eigenvalue weighted by molar-refractivity contribution is 6.40. The smallest absolute Gasteiger partial charge is 0.116 e. The molecule has 0 saturated heterocycles. The van der Waals surface area contributed by atoms with Crippen LogP contribution in [0.15, 0.2) is 24.4 Å². The summed E-state index contributed by atoms with van der Waals surface area (Å²) in [5.41, 5.74) is 1.96. The van der Waals surface area contributed by atoms with E-state index in [0.717, 1.165) is 16.5 Å². The van der Waals surface area contributed by atoms with Gasteiger partial charge in [-0.1, -0.05) is 0 Å². The molecule has 84 valence electrons. The highest BCUT2D eigenvalue weighted by Crippen LogP contribution is 2.25. The topological polar surface area (TPSA) is 39.3 Å². The number of aromatic amines is 1. The van der Waals surface area contributed by atoms with Crippen LogP contribution in [0.5, 0.6) is 5.75 Å². The van der Waals surface area contributed by atoms with Gasteiger partial charge in [-0.15, -0.1) is 0 Å². The third-order valence-electron chi connectivity index (χ3n) is 3.06.